The molecule has 1 aliphatic heterocycles. The number of nitrogens with zero attached hydrogens (tertiary/aromatic N) is 2. The Morgan fingerprint density at radius 3 is 2.59 bits per heavy atom. The third kappa shape index (κ3) is 3.87. The molecule has 22 heavy (non-hydrogen) atoms. The van der Waals surface area contributed by atoms with Crippen molar-refractivity contribution < 1.29 is 13.2 Å². The molecule has 6 nitrogen and oxygen atoms in total. The molecular weight excluding hydrogens is 322 g/mol. The zero-order chi connectivity index (χ0) is 16.2. The number of carbonyl (C=O) groups excluding carboxylic acids is 1. The number of nitrogens with one attached hydrogen (secondary N) is 1. The van der Waals surface area contributed by atoms with Crippen LogP contribution in [0.5, 0.6) is 0 Å². The van der Waals surface area contributed by atoms with Gasteiger partial charge in [0.1, 0.15) is 4.21 Å². The fourth-order valence-corrected chi connectivity index (χ4v) is 5.00. The normalized spacial score (nSPS) is 19.0. The minimum atomic E-state index is -3.38. The Labute approximate surface area is 136 Å². The molecule has 0 bridgehead atoms. The minimum Gasteiger partial charge on any atom is -0.355 e. The standard InChI is InChI=1S/C14H23N3O3S2/c1-3-6-15-14(18)12(2)16-7-9-17(10-8-16)22(19,20)13-5-4-11-21-13/h4-5,11-12H,3,6-10H2,1-2H3,(H,15,18)/t12-/m0/s1. The van der Waals surface area contributed by atoms with Crippen molar-refractivity contribution in [3.8, 4) is 0 Å². The summed E-state index contributed by atoms with van der Waals surface area (Å²) in [5.41, 5.74) is 0. The van der Waals surface area contributed by atoms with Gasteiger partial charge in [-0.05, 0) is 24.8 Å². The number of hydrogen-bond acceptors (Lipinski definition) is 5. The molecule has 1 N–H and O–H groups in total. The van der Waals surface area contributed by atoms with Gasteiger partial charge in [0, 0.05) is 32.7 Å². The van der Waals surface area contributed by atoms with Gasteiger partial charge < -0.3 is 5.32 Å². The van der Waals surface area contributed by atoms with Crippen molar-refractivity contribution in [2.75, 3.05) is 32.7 Å². The molecule has 124 valence electrons. The summed E-state index contributed by atoms with van der Waals surface area (Å²) >= 11 is 1.24. The molecule has 2 rings (SSSR count). The molecular formula is C14H23N3O3S2. The number of hydrogen-bond donors (Lipinski definition) is 1. The van der Waals surface area contributed by atoms with Crippen LogP contribution in [0.1, 0.15) is 20.3 Å². The van der Waals surface area contributed by atoms with E-state index in [1.165, 1.54) is 15.6 Å². The topological polar surface area (TPSA) is 69.7 Å². The molecule has 1 fully saturated rings. The quantitative estimate of drug-likeness (QED) is 0.834. The average Bonchev–Trinajstić information content (AvgIpc) is 3.07. The number of piperazine rings is 1. The number of rotatable bonds is 6. The molecule has 0 aliphatic carbocycles. The fraction of sp³-hybridized carbons (Fsp3) is 0.643. The summed E-state index contributed by atoms with van der Waals surface area (Å²) in [6, 6.07) is 3.15. The Hall–Kier alpha value is -0.960. The highest BCUT2D eigenvalue weighted by atomic mass is 32.2. The van der Waals surface area contributed by atoms with Crippen LogP contribution in [-0.2, 0) is 14.8 Å². The van der Waals surface area contributed by atoms with Crippen molar-refractivity contribution >= 4 is 27.3 Å². The highest BCUT2D eigenvalue weighted by Gasteiger charge is 2.32. The Bertz CT molecular complexity index is 578. The SMILES string of the molecule is CCCNC(=O)[C@H](C)N1CCN(S(=O)(=O)c2cccs2)CC1. The Balaban J connectivity index is 1.92. The zero-order valence-electron chi connectivity index (χ0n) is 13.0. The van der Waals surface area contributed by atoms with Gasteiger partial charge in [0.25, 0.3) is 10.0 Å². The molecule has 1 atom stereocenters. The third-order valence-electron chi connectivity index (χ3n) is 3.84. The van der Waals surface area contributed by atoms with Gasteiger partial charge in [-0.2, -0.15) is 4.31 Å². The van der Waals surface area contributed by atoms with Crippen LogP contribution in [0.15, 0.2) is 21.7 Å². The molecule has 0 radical (unpaired) electrons. The predicted molar refractivity (Wildman–Crippen MR) is 87.4 cm³/mol. The molecule has 2 heterocycles. The van der Waals surface area contributed by atoms with Gasteiger partial charge in [0.2, 0.25) is 5.91 Å². The van der Waals surface area contributed by atoms with Crippen LogP contribution >= 0.6 is 11.3 Å². The summed E-state index contributed by atoms with van der Waals surface area (Å²) in [6.45, 7) is 6.55. The van der Waals surface area contributed by atoms with Gasteiger partial charge >= 0.3 is 0 Å². The Morgan fingerprint density at radius 1 is 1.36 bits per heavy atom. The van der Waals surface area contributed by atoms with Gasteiger partial charge in [-0.25, -0.2) is 8.42 Å². The van der Waals surface area contributed by atoms with Gasteiger partial charge in [0.05, 0.1) is 6.04 Å². The molecule has 1 amide bonds. The molecule has 1 aliphatic rings. The first-order chi connectivity index (χ1) is 10.5. The summed E-state index contributed by atoms with van der Waals surface area (Å²) in [6.07, 6.45) is 0.908. The van der Waals surface area contributed by atoms with E-state index >= 15 is 0 Å². The molecule has 1 saturated heterocycles. The van der Waals surface area contributed by atoms with Crippen LogP contribution in [0.4, 0.5) is 0 Å². The van der Waals surface area contributed by atoms with Crippen molar-refractivity contribution in [1.82, 2.24) is 14.5 Å². The van der Waals surface area contributed by atoms with Crippen LogP contribution in [0.3, 0.4) is 0 Å². The number of carbonyl (C=O) groups is 1. The van der Waals surface area contributed by atoms with Crippen molar-refractivity contribution in [3.05, 3.63) is 17.5 Å². The van der Waals surface area contributed by atoms with E-state index in [9.17, 15) is 13.2 Å². The van der Waals surface area contributed by atoms with Crippen molar-refractivity contribution in [2.45, 2.75) is 30.5 Å². The number of amides is 1. The third-order valence-corrected chi connectivity index (χ3v) is 7.11. The van der Waals surface area contributed by atoms with Crippen molar-refractivity contribution in [1.29, 1.82) is 0 Å². The first-order valence-corrected chi connectivity index (χ1v) is 9.84. The van der Waals surface area contributed by atoms with E-state index in [2.05, 4.69) is 5.32 Å². The van der Waals surface area contributed by atoms with Crippen molar-refractivity contribution in [2.24, 2.45) is 0 Å². The predicted octanol–water partition coefficient (Wildman–Crippen LogP) is 0.969. The minimum absolute atomic E-state index is 0.0106. The van der Waals surface area contributed by atoms with E-state index in [4.69, 9.17) is 0 Å². The monoisotopic (exact) mass is 345 g/mol. The summed E-state index contributed by atoms with van der Waals surface area (Å²) in [4.78, 5) is 14.0. The second-order valence-electron chi connectivity index (χ2n) is 5.34. The Morgan fingerprint density at radius 2 is 2.05 bits per heavy atom. The molecule has 0 aromatic carbocycles. The number of thiophene rings is 1. The maximum Gasteiger partial charge on any atom is 0.252 e. The van der Waals surface area contributed by atoms with Crippen LogP contribution < -0.4 is 5.32 Å². The molecule has 0 unspecified atom stereocenters. The second-order valence-corrected chi connectivity index (χ2v) is 8.45. The summed E-state index contributed by atoms with van der Waals surface area (Å²) in [5.74, 6) is 0.0106. The molecule has 1 aromatic heterocycles. The highest BCUT2D eigenvalue weighted by molar-refractivity contribution is 7.91. The van der Waals surface area contributed by atoms with Crippen LogP contribution in [0.25, 0.3) is 0 Å². The van der Waals surface area contributed by atoms with Crippen LogP contribution in [0, 0.1) is 0 Å². The average molecular weight is 345 g/mol. The molecule has 8 heteroatoms. The zero-order valence-corrected chi connectivity index (χ0v) is 14.6. The lowest BCUT2D eigenvalue weighted by Gasteiger charge is -2.36. The number of sulfonamides is 1. The largest absolute Gasteiger partial charge is 0.355 e. The lowest BCUT2D eigenvalue weighted by Crippen LogP contribution is -2.54. The first kappa shape index (κ1) is 17.4. The van der Waals surface area contributed by atoms with Gasteiger partial charge in [-0.1, -0.05) is 13.0 Å². The molecule has 0 spiro atoms. The maximum absolute atomic E-state index is 12.4. The Kier molecular flexibility index (Phi) is 5.96. The van der Waals surface area contributed by atoms with Gasteiger partial charge in [0.15, 0.2) is 0 Å². The first-order valence-electron chi connectivity index (χ1n) is 7.52. The summed E-state index contributed by atoms with van der Waals surface area (Å²) < 4.78 is 26.8. The van der Waals surface area contributed by atoms with Crippen LogP contribution in [-0.4, -0.2) is 62.3 Å². The summed E-state index contributed by atoms with van der Waals surface area (Å²) in [7, 11) is -3.38. The van der Waals surface area contributed by atoms with E-state index in [1.54, 1.807) is 17.5 Å². The summed E-state index contributed by atoms with van der Waals surface area (Å²) in [5, 5.41) is 4.65. The highest BCUT2D eigenvalue weighted by Crippen LogP contribution is 2.22. The van der Waals surface area contributed by atoms with E-state index in [0.717, 1.165) is 6.42 Å². The van der Waals surface area contributed by atoms with E-state index in [0.29, 0.717) is 36.9 Å². The van der Waals surface area contributed by atoms with Gasteiger partial charge in [-0.15, -0.1) is 11.3 Å². The van der Waals surface area contributed by atoms with Gasteiger partial charge in [-0.3, -0.25) is 9.69 Å². The van der Waals surface area contributed by atoms with Crippen molar-refractivity contribution in [3.63, 3.8) is 0 Å². The second kappa shape index (κ2) is 7.54. The molecule has 1 aromatic rings. The van der Waals surface area contributed by atoms with E-state index in [-0.39, 0.29) is 11.9 Å². The smallest absolute Gasteiger partial charge is 0.252 e. The van der Waals surface area contributed by atoms with E-state index < -0.39 is 10.0 Å². The van der Waals surface area contributed by atoms with E-state index in [1.807, 2.05) is 18.7 Å². The lowest BCUT2D eigenvalue weighted by molar-refractivity contribution is -0.126. The van der Waals surface area contributed by atoms with Crippen LogP contribution in [0.2, 0.25) is 0 Å². The fourth-order valence-electron chi connectivity index (χ4n) is 2.43. The molecule has 0 saturated carbocycles. The lowest BCUT2D eigenvalue weighted by atomic mass is 10.2. The maximum atomic E-state index is 12.4.